The van der Waals surface area contributed by atoms with Crippen molar-refractivity contribution in [3.63, 3.8) is 0 Å². The second kappa shape index (κ2) is 5.61. The first-order valence-electron chi connectivity index (χ1n) is 6.07. The molecule has 0 N–H and O–H groups in total. The van der Waals surface area contributed by atoms with E-state index in [4.69, 9.17) is 16.3 Å². The Balaban J connectivity index is 2.25. The van der Waals surface area contributed by atoms with E-state index < -0.39 is 5.82 Å². The van der Waals surface area contributed by atoms with Crippen LogP contribution in [0.3, 0.4) is 0 Å². The van der Waals surface area contributed by atoms with Crippen molar-refractivity contribution in [3.8, 4) is 11.4 Å². The first kappa shape index (κ1) is 14.3. The van der Waals surface area contributed by atoms with Crippen LogP contribution in [0.4, 0.5) is 4.39 Å². The highest BCUT2D eigenvalue weighted by molar-refractivity contribution is 9.10. The number of nitrogens with zero attached hydrogens (tertiary/aromatic N) is 3. The van der Waals surface area contributed by atoms with Crippen LogP contribution in [0.5, 0.6) is 5.75 Å². The molecule has 0 amide bonds. The average molecular weight is 371 g/mol. The molecule has 4 nitrogen and oxygen atoms in total. The summed E-state index contributed by atoms with van der Waals surface area (Å²) >= 11 is 9.30. The van der Waals surface area contributed by atoms with Crippen LogP contribution >= 0.6 is 27.5 Å². The van der Waals surface area contributed by atoms with Gasteiger partial charge in [0.2, 0.25) is 0 Å². The van der Waals surface area contributed by atoms with E-state index in [1.165, 1.54) is 13.2 Å². The van der Waals surface area contributed by atoms with E-state index in [0.29, 0.717) is 22.7 Å². The fourth-order valence-corrected chi connectivity index (χ4v) is 2.64. The molecule has 7 heteroatoms. The molecule has 0 atom stereocenters. The molecule has 0 fully saturated rings. The van der Waals surface area contributed by atoms with Crippen LogP contribution in [-0.4, -0.2) is 21.6 Å². The molecule has 0 saturated heterocycles. The Morgan fingerprint density at radius 3 is 2.86 bits per heavy atom. The Labute approximate surface area is 133 Å². The summed E-state index contributed by atoms with van der Waals surface area (Å²) in [6, 6.07) is 6.52. The zero-order chi connectivity index (χ0) is 15.0. The summed E-state index contributed by atoms with van der Waals surface area (Å²) in [5.74, 6) is 0.532. The highest BCUT2D eigenvalue weighted by Crippen LogP contribution is 2.26. The quantitative estimate of drug-likeness (QED) is 0.653. The van der Waals surface area contributed by atoms with Crippen molar-refractivity contribution in [1.82, 2.24) is 14.5 Å². The normalized spacial score (nSPS) is 11.0. The van der Waals surface area contributed by atoms with Gasteiger partial charge in [-0.05, 0) is 34.1 Å². The number of imidazole rings is 1. The molecule has 0 aliphatic heterocycles. The first-order chi connectivity index (χ1) is 10.1. The van der Waals surface area contributed by atoms with Crippen LogP contribution in [0.1, 0.15) is 5.82 Å². The van der Waals surface area contributed by atoms with Gasteiger partial charge in [-0.3, -0.25) is 4.57 Å². The van der Waals surface area contributed by atoms with Crippen LogP contribution < -0.4 is 4.74 Å². The number of halogens is 3. The van der Waals surface area contributed by atoms with E-state index in [9.17, 15) is 4.39 Å². The van der Waals surface area contributed by atoms with Gasteiger partial charge in [0.1, 0.15) is 11.3 Å². The van der Waals surface area contributed by atoms with Crippen molar-refractivity contribution in [2.75, 3.05) is 7.11 Å². The van der Waals surface area contributed by atoms with Crippen molar-refractivity contribution < 1.29 is 9.13 Å². The second-order valence-electron chi connectivity index (χ2n) is 4.31. The Morgan fingerprint density at radius 2 is 2.19 bits per heavy atom. The largest absolute Gasteiger partial charge is 0.494 e. The van der Waals surface area contributed by atoms with Crippen molar-refractivity contribution in [1.29, 1.82) is 0 Å². The zero-order valence-corrected chi connectivity index (χ0v) is 13.3. The lowest BCUT2D eigenvalue weighted by Crippen LogP contribution is -2.01. The predicted molar refractivity (Wildman–Crippen MR) is 82.6 cm³/mol. The van der Waals surface area contributed by atoms with Gasteiger partial charge in [0.25, 0.3) is 0 Å². The maximum atomic E-state index is 13.9. The average Bonchev–Trinajstić information content (AvgIpc) is 2.84. The standard InChI is InChI=1S/C14H10BrClFN3O/c1-21-12-3-2-9(5-10(12)17)20-13(6-16)19-11-4-8(15)7-18-14(11)20/h2-5,7H,6H2,1H3. The van der Waals surface area contributed by atoms with Gasteiger partial charge in [0, 0.05) is 16.7 Å². The Hall–Kier alpha value is -1.66. The molecule has 0 aliphatic rings. The molecule has 1 aromatic carbocycles. The van der Waals surface area contributed by atoms with Gasteiger partial charge in [-0.1, -0.05) is 0 Å². The molecule has 108 valence electrons. The van der Waals surface area contributed by atoms with Crippen molar-refractivity contribution in [3.05, 3.63) is 46.6 Å². The minimum Gasteiger partial charge on any atom is -0.494 e. The molecule has 0 bridgehead atoms. The minimum absolute atomic E-state index is 0.186. The van der Waals surface area contributed by atoms with Gasteiger partial charge < -0.3 is 4.74 Å². The number of aromatic nitrogens is 3. The highest BCUT2D eigenvalue weighted by atomic mass is 79.9. The van der Waals surface area contributed by atoms with E-state index in [0.717, 1.165) is 4.47 Å². The summed E-state index contributed by atoms with van der Waals surface area (Å²) in [5.41, 5.74) is 1.91. The van der Waals surface area contributed by atoms with Crippen LogP contribution in [0, 0.1) is 5.82 Å². The number of alkyl halides is 1. The molecule has 2 heterocycles. The van der Waals surface area contributed by atoms with Crippen LogP contribution in [-0.2, 0) is 5.88 Å². The highest BCUT2D eigenvalue weighted by Gasteiger charge is 2.15. The lowest BCUT2D eigenvalue weighted by molar-refractivity contribution is 0.386. The van der Waals surface area contributed by atoms with Gasteiger partial charge in [-0.25, -0.2) is 14.4 Å². The first-order valence-corrected chi connectivity index (χ1v) is 7.39. The number of methoxy groups -OCH3 is 1. The number of benzene rings is 1. The van der Waals surface area contributed by atoms with Gasteiger partial charge in [-0.2, -0.15) is 0 Å². The molecule has 0 aliphatic carbocycles. The monoisotopic (exact) mass is 369 g/mol. The topological polar surface area (TPSA) is 39.9 Å². The van der Waals surface area contributed by atoms with Gasteiger partial charge >= 0.3 is 0 Å². The molecular formula is C14H10BrClFN3O. The molecule has 3 aromatic rings. The maximum absolute atomic E-state index is 13.9. The summed E-state index contributed by atoms with van der Waals surface area (Å²) in [7, 11) is 1.42. The number of rotatable bonds is 3. The summed E-state index contributed by atoms with van der Waals surface area (Å²) in [4.78, 5) is 8.76. The molecular weight excluding hydrogens is 361 g/mol. The van der Waals surface area contributed by atoms with Crippen LogP contribution in [0.25, 0.3) is 16.9 Å². The van der Waals surface area contributed by atoms with E-state index in [1.54, 1.807) is 22.9 Å². The van der Waals surface area contributed by atoms with Gasteiger partial charge in [0.05, 0.1) is 18.7 Å². The number of hydrogen-bond acceptors (Lipinski definition) is 3. The van der Waals surface area contributed by atoms with Crippen LogP contribution in [0.2, 0.25) is 0 Å². The summed E-state index contributed by atoms with van der Waals surface area (Å²) in [6.45, 7) is 0. The third kappa shape index (κ3) is 2.49. The second-order valence-corrected chi connectivity index (χ2v) is 5.50. The third-order valence-corrected chi connectivity index (χ3v) is 3.72. The van der Waals surface area contributed by atoms with Crippen LogP contribution in [0.15, 0.2) is 34.9 Å². The van der Waals surface area contributed by atoms with E-state index in [1.807, 2.05) is 6.07 Å². The fraction of sp³-hybridized carbons (Fsp3) is 0.143. The molecule has 2 aromatic heterocycles. The summed E-state index contributed by atoms with van der Waals surface area (Å²) < 4.78 is 21.4. The molecule has 3 rings (SSSR count). The fourth-order valence-electron chi connectivity index (χ4n) is 2.14. The molecule has 0 radical (unpaired) electrons. The van der Waals surface area contributed by atoms with Gasteiger partial charge in [0.15, 0.2) is 17.2 Å². The van der Waals surface area contributed by atoms with Crippen molar-refractivity contribution >= 4 is 38.7 Å². The summed E-state index contributed by atoms with van der Waals surface area (Å²) in [6.07, 6.45) is 1.67. The Morgan fingerprint density at radius 1 is 1.38 bits per heavy atom. The van der Waals surface area contributed by atoms with Crippen molar-refractivity contribution in [2.45, 2.75) is 5.88 Å². The van der Waals surface area contributed by atoms with Crippen molar-refractivity contribution in [2.24, 2.45) is 0 Å². The third-order valence-electron chi connectivity index (χ3n) is 3.05. The van der Waals surface area contributed by atoms with E-state index in [-0.39, 0.29) is 11.6 Å². The SMILES string of the molecule is COc1ccc(-n2c(CCl)nc3cc(Br)cnc32)cc1F. The Kier molecular flexibility index (Phi) is 3.82. The number of pyridine rings is 1. The maximum Gasteiger partial charge on any atom is 0.167 e. The Bertz CT molecular complexity index is 821. The van der Waals surface area contributed by atoms with E-state index in [2.05, 4.69) is 25.9 Å². The molecule has 0 saturated carbocycles. The summed E-state index contributed by atoms with van der Waals surface area (Å²) in [5, 5.41) is 0. The molecule has 0 unspecified atom stereocenters. The number of fused-ring (bicyclic) bond motifs is 1. The molecule has 21 heavy (non-hydrogen) atoms. The lowest BCUT2D eigenvalue weighted by atomic mass is 10.3. The van der Waals surface area contributed by atoms with E-state index >= 15 is 0 Å². The zero-order valence-electron chi connectivity index (χ0n) is 11.0. The van der Waals surface area contributed by atoms with Gasteiger partial charge in [-0.15, -0.1) is 11.6 Å². The number of ether oxygens (including phenoxy) is 1. The number of hydrogen-bond donors (Lipinski definition) is 0. The molecule has 0 spiro atoms. The predicted octanol–water partition coefficient (Wildman–Crippen LogP) is 4.07. The smallest absolute Gasteiger partial charge is 0.167 e. The minimum atomic E-state index is -0.450. The lowest BCUT2D eigenvalue weighted by Gasteiger charge is -2.09.